The van der Waals surface area contributed by atoms with Crippen LogP contribution in [-0.4, -0.2) is 12.6 Å². The minimum atomic E-state index is 0.548. The molecule has 17 heavy (non-hydrogen) atoms. The quantitative estimate of drug-likeness (QED) is 0.868. The maximum absolute atomic E-state index is 3.72. The molecule has 0 radical (unpaired) electrons. The summed E-state index contributed by atoms with van der Waals surface area (Å²) in [7, 11) is 0. The van der Waals surface area contributed by atoms with E-state index in [1.54, 1.807) is 0 Å². The van der Waals surface area contributed by atoms with Crippen molar-refractivity contribution in [3.05, 3.63) is 34.3 Å². The summed E-state index contributed by atoms with van der Waals surface area (Å²) >= 11 is 3.67. The Kier molecular flexibility index (Phi) is 3.27. The zero-order valence-corrected chi connectivity index (χ0v) is 11.8. The van der Waals surface area contributed by atoms with Crippen LogP contribution >= 0.6 is 15.9 Å². The van der Waals surface area contributed by atoms with Crippen molar-refractivity contribution in [1.29, 1.82) is 0 Å². The first-order valence-corrected chi connectivity index (χ1v) is 7.54. The second-order valence-corrected chi connectivity index (χ2v) is 6.63. The summed E-state index contributed by atoms with van der Waals surface area (Å²) in [6.07, 6.45) is 8.23. The molecule has 2 fully saturated rings. The van der Waals surface area contributed by atoms with E-state index in [2.05, 4.69) is 45.5 Å². The van der Waals surface area contributed by atoms with E-state index in [0.29, 0.717) is 5.41 Å². The molecule has 2 heteroatoms. The Labute approximate surface area is 112 Å². The zero-order chi connectivity index (χ0) is 11.7. The highest BCUT2D eigenvalue weighted by Gasteiger charge is 2.38. The molecule has 92 valence electrons. The Balaban J connectivity index is 1.66. The van der Waals surface area contributed by atoms with Gasteiger partial charge in [0.1, 0.15) is 0 Å². The van der Waals surface area contributed by atoms with Crippen LogP contribution in [0.15, 0.2) is 28.7 Å². The van der Waals surface area contributed by atoms with E-state index in [-0.39, 0.29) is 0 Å². The number of halogens is 1. The molecule has 0 amide bonds. The predicted molar refractivity (Wildman–Crippen MR) is 75.2 cm³/mol. The van der Waals surface area contributed by atoms with Crippen LogP contribution in [-0.2, 0) is 6.42 Å². The van der Waals surface area contributed by atoms with Crippen molar-refractivity contribution < 1.29 is 0 Å². The van der Waals surface area contributed by atoms with Gasteiger partial charge in [-0.15, -0.1) is 0 Å². The molecule has 0 spiro atoms. The molecule has 0 aromatic heterocycles. The Bertz CT molecular complexity index is 394. The van der Waals surface area contributed by atoms with Gasteiger partial charge in [-0.25, -0.2) is 0 Å². The summed E-state index contributed by atoms with van der Waals surface area (Å²) < 4.78 is 1.28. The molecule has 0 heterocycles. The maximum atomic E-state index is 3.72. The standard InChI is InChI=1S/C15H20BrN/c16-14-5-2-1-4-12(14)10-15(8-3-9-15)11-17-13-6-7-13/h1-2,4-5,13,17H,3,6-11H2. The predicted octanol–water partition coefficient (Wildman–Crippen LogP) is 3.91. The normalized spacial score (nSPS) is 22.2. The minimum Gasteiger partial charge on any atom is -0.313 e. The van der Waals surface area contributed by atoms with Crippen molar-refractivity contribution in [2.45, 2.75) is 44.6 Å². The van der Waals surface area contributed by atoms with Crippen LogP contribution in [0.3, 0.4) is 0 Å². The van der Waals surface area contributed by atoms with Crippen LogP contribution in [0.2, 0.25) is 0 Å². The van der Waals surface area contributed by atoms with Gasteiger partial charge in [0.2, 0.25) is 0 Å². The van der Waals surface area contributed by atoms with E-state index >= 15 is 0 Å². The van der Waals surface area contributed by atoms with Gasteiger partial charge in [-0.2, -0.15) is 0 Å². The van der Waals surface area contributed by atoms with E-state index < -0.39 is 0 Å². The number of nitrogens with one attached hydrogen (secondary N) is 1. The molecule has 2 aliphatic rings. The van der Waals surface area contributed by atoms with Crippen molar-refractivity contribution in [2.24, 2.45) is 5.41 Å². The minimum absolute atomic E-state index is 0.548. The molecule has 0 unspecified atom stereocenters. The smallest absolute Gasteiger partial charge is 0.0207 e. The molecule has 0 atom stereocenters. The van der Waals surface area contributed by atoms with E-state index in [1.165, 1.54) is 55.1 Å². The highest BCUT2D eigenvalue weighted by molar-refractivity contribution is 9.10. The van der Waals surface area contributed by atoms with E-state index in [0.717, 1.165) is 6.04 Å². The van der Waals surface area contributed by atoms with Gasteiger partial charge in [-0.3, -0.25) is 0 Å². The maximum Gasteiger partial charge on any atom is 0.0207 e. The molecule has 1 nitrogen and oxygen atoms in total. The van der Waals surface area contributed by atoms with Gasteiger partial charge in [0.05, 0.1) is 0 Å². The second-order valence-electron chi connectivity index (χ2n) is 5.78. The average molecular weight is 294 g/mol. The van der Waals surface area contributed by atoms with Crippen LogP contribution in [0.4, 0.5) is 0 Å². The van der Waals surface area contributed by atoms with E-state index in [4.69, 9.17) is 0 Å². The Morgan fingerprint density at radius 1 is 1.24 bits per heavy atom. The SMILES string of the molecule is Brc1ccccc1CC1(CNC2CC2)CCC1. The molecule has 0 bridgehead atoms. The molecule has 1 N–H and O–H groups in total. The Hall–Kier alpha value is -0.340. The topological polar surface area (TPSA) is 12.0 Å². The third kappa shape index (κ3) is 2.74. The number of benzene rings is 1. The number of hydrogen-bond acceptors (Lipinski definition) is 1. The van der Waals surface area contributed by atoms with Gasteiger partial charge in [-0.05, 0) is 49.1 Å². The molecule has 0 aliphatic heterocycles. The Morgan fingerprint density at radius 3 is 2.59 bits per heavy atom. The molecule has 0 saturated heterocycles. The van der Waals surface area contributed by atoms with Gasteiger partial charge in [0.25, 0.3) is 0 Å². The lowest BCUT2D eigenvalue weighted by Crippen LogP contribution is -2.42. The van der Waals surface area contributed by atoms with Gasteiger partial charge >= 0.3 is 0 Å². The van der Waals surface area contributed by atoms with Crippen molar-refractivity contribution in [3.8, 4) is 0 Å². The van der Waals surface area contributed by atoms with Crippen molar-refractivity contribution in [3.63, 3.8) is 0 Å². The third-order valence-electron chi connectivity index (χ3n) is 4.28. The van der Waals surface area contributed by atoms with Crippen LogP contribution in [0.5, 0.6) is 0 Å². The monoisotopic (exact) mass is 293 g/mol. The first-order chi connectivity index (χ1) is 8.27. The summed E-state index contributed by atoms with van der Waals surface area (Å²) in [6.45, 7) is 1.22. The highest BCUT2D eigenvalue weighted by atomic mass is 79.9. The van der Waals surface area contributed by atoms with Crippen molar-refractivity contribution in [2.75, 3.05) is 6.54 Å². The second kappa shape index (κ2) is 4.74. The molecule has 2 saturated carbocycles. The fourth-order valence-electron chi connectivity index (χ4n) is 2.79. The molecule has 1 aromatic rings. The van der Waals surface area contributed by atoms with E-state index in [9.17, 15) is 0 Å². The van der Waals surface area contributed by atoms with Crippen LogP contribution < -0.4 is 5.32 Å². The average Bonchev–Trinajstić information content (AvgIpc) is 3.08. The number of rotatable bonds is 5. The summed E-state index contributed by atoms with van der Waals surface area (Å²) in [6, 6.07) is 9.52. The van der Waals surface area contributed by atoms with Crippen LogP contribution in [0.25, 0.3) is 0 Å². The van der Waals surface area contributed by atoms with Gasteiger partial charge in [-0.1, -0.05) is 40.5 Å². The van der Waals surface area contributed by atoms with Crippen molar-refractivity contribution >= 4 is 15.9 Å². The zero-order valence-electron chi connectivity index (χ0n) is 10.2. The lowest BCUT2D eigenvalue weighted by molar-refractivity contribution is 0.129. The van der Waals surface area contributed by atoms with Gasteiger partial charge in [0, 0.05) is 17.1 Å². The first kappa shape index (κ1) is 11.7. The van der Waals surface area contributed by atoms with E-state index in [1.807, 2.05) is 0 Å². The fraction of sp³-hybridized carbons (Fsp3) is 0.600. The number of hydrogen-bond donors (Lipinski definition) is 1. The van der Waals surface area contributed by atoms with Gasteiger partial charge < -0.3 is 5.32 Å². The largest absolute Gasteiger partial charge is 0.313 e. The lowest BCUT2D eigenvalue weighted by Gasteiger charge is -2.42. The fourth-order valence-corrected chi connectivity index (χ4v) is 3.21. The molecule has 2 aliphatic carbocycles. The summed E-state index contributed by atoms with van der Waals surface area (Å²) in [5.41, 5.74) is 2.02. The highest BCUT2D eigenvalue weighted by Crippen LogP contribution is 2.44. The summed E-state index contributed by atoms with van der Waals surface area (Å²) in [4.78, 5) is 0. The summed E-state index contributed by atoms with van der Waals surface area (Å²) in [5.74, 6) is 0. The summed E-state index contributed by atoms with van der Waals surface area (Å²) in [5, 5.41) is 3.72. The van der Waals surface area contributed by atoms with Gasteiger partial charge in [0.15, 0.2) is 0 Å². The lowest BCUT2D eigenvalue weighted by atomic mass is 9.65. The third-order valence-corrected chi connectivity index (χ3v) is 5.05. The molecule has 1 aromatic carbocycles. The molecular weight excluding hydrogens is 274 g/mol. The Morgan fingerprint density at radius 2 is 2.00 bits per heavy atom. The first-order valence-electron chi connectivity index (χ1n) is 6.74. The van der Waals surface area contributed by atoms with Crippen LogP contribution in [0.1, 0.15) is 37.7 Å². The van der Waals surface area contributed by atoms with Crippen molar-refractivity contribution in [1.82, 2.24) is 5.32 Å². The molecule has 3 rings (SSSR count). The molecular formula is C15H20BrN. The van der Waals surface area contributed by atoms with Crippen LogP contribution in [0, 0.1) is 5.41 Å².